The predicted molar refractivity (Wildman–Crippen MR) is 49.1 cm³/mol. The minimum atomic E-state index is 0.789. The summed E-state index contributed by atoms with van der Waals surface area (Å²) in [6, 6.07) is 0. The van der Waals surface area contributed by atoms with Gasteiger partial charge in [-0.05, 0) is 43.4 Å². The second kappa shape index (κ2) is 4.83. The Balaban J connectivity index is 2.20. The number of hydrogen-bond donors (Lipinski definition) is 1. The second-order valence-electron chi connectivity index (χ2n) is 4.40. The molecule has 3 N–H and O–H groups in total. The van der Waals surface area contributed by atoms with E-state index in [0.29, 0.717) is 0 Å². The van der Waals surface area contributed by atoms with Gasteiger partial charge in [-0.15, -0.1) is 0 Å². The Bertz CT molecular complexity index is 117. The molecule has 0 aromatic carbocycles. The lowest BCUT2D eigenvalue weighted by Gasteiger charge is -2.29. The van der Waals surface area contributed by atoms with E-state index in [0.717, 1.165) is 24.4 Å². The lowest BCUT2D eigenvalue weighted by molar-refractivity contribution is -0.691. The monoisotopic (exact) mass is 172 g/mol. The molecule has 0 amide bonds. The molecule has 0 saturated heterocycles. The highest BCUT2D eigenvalue weighted by Crippen LogP contribution is 2.32. The molecule has 2 nitrogen and oxygen atoms in total. The zero-order chi connectivity index (χ0) is 8.97. The lowest BCUT2D eigenvalue weighted by Crippen LogP contribution is -2.50. The maximum Gasteiger partial charge on any atom is 0.109 e. The summed E-state index contributed by atoms with van der Waals surface area (Å²) in [5.41, 5.74) is 0. The highest BCUT2D eigenvalue weighted by Gasteiger charge is 2.23. The van der Waals surface area contributed by atoms with Crippen LogP contribution in [0.15, 0.2) is 0 Å². The summed E-state index contributed by atoms with van der Waals surface area (Å²) in [5.74, 6) is 6.05. The molecule has 0 bridgehead atoms. The minimum absolute atomic E-state index is 0.789. The first-order valence-corrected chi connectivity index (χ1v) is 5.11. The van der Waals surface area contributed by atoms with Crippen molar-refractivity contribution < 1.29 is 10.7 Å². The van der Waals surface area contributed by atoms with Crippen molar-refractivity contribution in [2.24, 2.45) is 17.8 Å². The van der Waals surface area contributed by atoms with Crippen LogP contribution in [0.4, 0.5) is 0 Å². The lowest BCUT2D eigenvalue weighted by atomic mass is 9.77. The zero-order valence-electron chi connectivity index (χ0n) is 8.38. The van der Waals surface area contributed by atoms with Gasteiger partial charge in [0.2, 0.25) is 0 Å². The molecular weight excluding hydrogens is 150 g/mol. The summed E-state index contributed by atoms with van der Waals surface area (Å²) in [5, 5.41) is 0. The maximum atomic E-state index is 4.93. The van der Waals surface area contributed by atoms with Gasteiger partial charge in [0.15, 0.2) is 0 Å². The summed E-state index contributed by atoms with van der Waals surface area (Å²) in [6.07, 6.45) is 5.48. The molecule has 1 aliphatic carbocycles. The molecule has 1 aliphatic rings. The van der Waals surface area contributed by atoms with Gasteiger partial charge in [0, 0.05) is 0 Å². The van der Waals surface area contributed by atoms with Crippen molar-refractivity contribution in [2.75, 3.05) is 6.61 Å². The Labute approximate surface area is 75.4 Å². The molecule has 0 atom stereocenters. The van der Waals surface area contributed by atoms with E-state index in [1.807, 2.05) is 0 Å². The highest BCUT2D eigenvalue weighted by molar-refractivity contribution is 4.73. The third-order valence-corrected chi connectivity index (χ3v) is 3.19. The molecule has 0 radical (unpaired) electrons. The molecule has 1 saturated carbocycles. The summed E-state index contributed by atoms with van der Waals surface area (Å²) in [4.78, 5) is 4.93. The molecule has 0 aromatic heterocycles. The smallest absolute Gasteiger partial charge is 0.109 e. The van der Waals surface area contributed by atoms with E-state index in [-0.39, 0.29) is 0 Å². The molecule has 0 aliphatic heterocycles. The van der Waals surface area contributed by atoms with Gasteiger partial charge < -0.3 is 0 Å². The van der Waals surface area contributed by atoms with E-state index >= 15 is 0 Å². The van der Waals surface area contributed by atoms with E-state index in [1.54, 1.807) is 0 Å². The average Bonchev–Trinajstić information content (AvgIpc) is 2.06. The van der Waals surface area contributed by atoms with Crippen LogP contribution in [0.25, 0.3) is 0 Å². The summed E-state index contributed by atoms with van der Waals surface area (Å²) < 4.78 is 0. The van der Waals surface area contributed by atoms with Crippen LogP contribution in [0.5, 0.6) is 0 Å². The van der Waals surface area contributed by atoms with E-state index in [1.165, 1.54) is 25.7 Å². The first kappa shape index (κ1) is 10.0. The molecule has 0 spiro atoms. The molecule has 0 unspecified atom stereocenters. The van der Waals surface area contributed by atoms with Crippen LogP contribution in [0, 0.1) is 17.8 Å². The van der Waals surface area contributed by atoms with Crippen molar-refractivity contribution in [1.82, 2.24) is 0 Å². The number of quaternary nitrogens is 1. The number of rotatable bonds is 3. The van der Waals surface area contributed by atoms with E-state index in [9.17, 15) is 0 Å². The first-order valence-electron chi connectivity index (χ1n) is 5.11. The van der Waals surface area contributed by atoms with Crippen molar-refractivity contribution in [3.63, 3.8) is 0 Å². The molecule has 2 heteroatoms. The molecule has 1 fully saturated rings. The van der Waals surface area contributed by atoms with Crippen molar-refractivity contribution in [1.29, 1.82) is 0 Å². The molecule has 12 heavy (non-hydrogen) atoms. The standard InChI is InChI=1S/C10H22NO/c1-8(2)10-5-3-9(4-6-10)7-12-11/h8-10H,3-7H2,1-2,11H3/q+1. The average molecular weight is 172 g/mol. The van der Waals surface area contributed by atoms with E-state index in [4.69, 9.17) is 4.84 Å². The summed E-state index contributed by atoms with van der Waals surface area (Å²) >= 11 is 0. The largest absolute Gasteiger partial charge is 0.213 e. The fourth-order valence-electron chi connectivity index (χ4n) is 2.19. The third-order valence-electron chi connectivity index (χ3n) is 3.19. The summed E-state index contributed by atoms with van der Waals surface area (Å²) in [6.45, 7) is 5.54. The van der Waals surface area contributed by atoms with Crippen LogP contribution in [0.1, 0.15) is 39.5 Å². The van der Waals surface area contributed by atoms with Crippen LogP contribution in [0.2, 0.25) is 0 Å². The van der Waals surface area contributed by atoms with Crippen LogP contribution < -0.4 is 5.90 Å². The van der Waals surface area contributed by atoms with Crippen molar-refractivity contribution >= 4 is 0 Å². The van der Waals surface area contributed by atoms with Gasteiger partial charge in [-0.1, -0.05) is 13.8 Å². The minimum Gasteiger partial charge on any atom is -0.213 e. The first-order chi connectivity index (χ1) is 5.74. The van der Waals surface area contributed by atoms with Crippen LogP contribution in [0.3, 0.4) is 0 Å². The Morgan fingerprint density at radius 3 is 2.25 bits per heavy atom. The third kappa shape index (κ3) is 2.76. The van der Waals surface area contributed by atoms with Crippen LogP contribution >= 0.6 is 0 Å². The fraction of sp³-hybridized carbons (Fsp3) is 1.00. The van der Waals surface area contributed by atoms with Gasteiger partial charge in [-0.3, -0.25) is 0 Å². The topological polar surface area (TPSA) is 36.9 Å². The van der Waals surface area contributed by atoms with Crippen LogP contribution in [-0.4, -0.2) is 6.61 Å². The van der Waals surface area contributed by atoms with Gasteiger partial charge in [0.1, 0.15) is 6.61 Å². The molecular formula is C10H22NO+. The Morgan fingerprint density at radius 2 is 1.83 bits per heavy atom. The Kier molecular flexibility index (Phi) is 4.02. The van der Waals surface area contributed by atoms with Crippen molar-refractivity contribution in [3.8, 4) is 0 Å². The van der Waals surface area contributed by atoms with Gasteiger partial charge >= 0.3 is 0 Å². The van der Waals surface area contributed by atoms with E-state index < -0.39 is 0 Å². The fourth-order valence-corrected chi connectivity index (χ4v) is 2.19. The molecule has 1 rings (SSSR count). The normalized spacial score (nSPS) is 31.0. The highest BCUT2D eigenvalue weighted by atomic mass is 16.6. The molecule has 0 heterocycles. The summed E-state index contributed by atoms with van der Waals surface area (Å²) in [7, 11) is 0. The van der Waals surface area contributed by atoms with Gasteiger partial charge in [-0.25, -0.2) is 10.7 Å². The number of hydrogen-bond acceptors (Lipinski definition) is 1. The molecule has 72 valence electrons. The quantitative estimate of drug-likeness (QED) is 0.645. The SMILES string of the molecule is CC(C)C1CCC(CO[NH3+])CC1. The van der Waals surface area contributed by atoms with Gasteiger partial charge in [0.05, 0.1) is 0 Å². The second-order valence-corrected chi connectivity index (χ2v) is 4.40. The van der Waals surface area contributed by atoms with Gasteiger partial charge in [-0.2, -0.15) is 0 Å². The Morgan fingerprint density at radius 1 is 1.25 bits per heavy atom. The van der Waals surface area contributed by atoms with Crippen molar-refractivity contribution in [2.45, 2.75) is 39.5 Å². The van der Waals surface area contributed by atoms with Crippen LogP contribution in [-0.2, 0) is 4.84 Å². The van der Waals surface area contributed by atoms with E-state index in [2.05, 4.69) is 19.7 Å². The van der Waals surface area contributed by atoms with Crippen molar-refractivity contribution in [3.05, 3.63) is 0 Å². The predicted octanol–water partition coefficient (Wildman–Crippen LogP) is 1.62. The van der Waals surface area contributed by atoms with Gasteiger partial charge in [0.25, 0.3) is 0 Å². The maximum absolute atomic E-state index is 4.93. The Hall–Kier alpha value is -0.0800. The molecule has 0 aromatic rings. The zero-order valence-corrected chi connectivity index (χ0v) is 8.38.